The van der Waals surface area contributed by atoms with Crippen LogP contribution in [0.15, 0.2) is 24.3 Å². The van der Waals surface area contributed by atoms with Crippen LogP contribution in [-0.4, -0.2) is 48.7 Å². The van der Waals surface area contributed by atoms with Gasteiger partial charge in [0.25, 0.3) is 0 Å². The zero-order valence-corrected chi connectivity index (χ0v) is 12.5. The molecular weight excluding hydrogens is 282 g/mol. The fourth-order valence-electron chi connectivity index (χ4n) is 2.27. The molecule has 0 amide bonds. The first kappa shape index (κ1) is 14.7. The zero-order valence-electron chi connectivity index (χ0n) is 10.9. The third kappa shape index (κ3) is 4.12. The molecule has 2 unspecified atom stereocenters. The molecule has 1 saturated heterocycles. The maximum Gasteiger partial charge on any atom is 0.153 e. The number of benzene rings is 1. The second-order valence-corrected chi connectivity index (χ2v) is 8.33. The van der Waals surface area contributed by atoms with Gasteiger partial charge < -0.3 is 10.4 Å². The first-order chi connectivity index (χ1) is 9.00. The Balaban J connectivity index is 2.08. The van der Waals surface area contributed by atoms with Crippen LogP contribution in [0.25, 0.3) is 0 Å². The molecule has 1 aliphatic heterocycles. The monoisotopic (exact) mass is 301 g/mol. The fraction of sp³-hybridized carbons (Fsp3) is 0.538. The fourth-order valence-corrected chi connectivity index (χ4v) is 5.93. The van der Waals surface area contributed by atoms with Crippen molar-refractivity contribution >= 4 is 27.3 Å². The number of hydrogen-bond donors (Lipinski definition) is 2. The molecule has 2 atom stereocenters. The molecule has 4 nitrogen and oxygen atoms in total. The van der Waals surface area contributed by atoms with Crippen LogP contribution >= 0.6 is 11.8 Å². The van der Waals surface area contributed by atoms with Crippen molar-refractivity contribution in [3.63, 3.8) is 0 Å². The van der Waals surface area contributed by atoms with Crippen molar-refractivity contribution in [2.75, 3.05) is 29.2 Å². The molecule has 1 aliphatic rings. The van der Waals surface area contributed by atoms with E-state index in [1.165, 1.54) is 11.8 Å². The molecule has 0 aliphatic carbocycles. The van der Waals surface area contributed by atoms with Gasteiger partial charge in [0, 0.05) is 16.7 Å². The lowest BCUT2D eigenvalue weighted by atomic mass is 10.2. The Bertz CT molecular complexity index is 530. The molecular formula is C13H19NO3S2. The Hall–Kier alpha value is -0.720. The van der Waals surface area contributed by atoms with Crippen molar-refractivity contribution in [1.82, 2.24) is 0 Å². The number of thioether (sulfide) groups is 1. The molecule has 2 rings (SSSR count). The van der Waals surface area contributed by atoms with Gasteiger partial charge in [-0.2, -0.15) is 11.8 Å². The van der Waals surface area contributed by atoms with Crippen molar-refractivity contribution in [2.24, 2.45) is 0 Å². The molecule has 0 radical (unpaired) electrons. The highest BCUT2D eigenvalue weighted by Gasteiger charge is 2.37. The summed E-state index contributed by atoms with van der Waals surface area (Å²) in [5.41, 5.74) is 2.10. The zero-order chi connectivity index (χ0) is 13.9. The molecule has 1 fully saturated rings. The van der Waals surface area contributed by atoms with Crippen LogP contribution in [0.1, 0.15) is 5.56 Å². The minimum absolute atomic E-state index is 0.0117. The van der Waals surface area contributed by atoms with Crippen molar-refractivity contribution in [2.45, 2.75) is 18.2 Å². The molecule has 0 spiro atoms. The second-order valence-electron chi connectivity index (χ2n) is 4.83. The number of sulfone groups is 1. The average Bonchev–Trinajstić information content (AvgIpc) is 2.61. The molecule has 2 N–H and O–H groups in total. The van der Waals surface area contributed by atoms with Crippen molar-refractivity contribution < 1.29 is 13.5 Å². The summed E-state index contributed by atoms with van der Waals surface area (Å²) in [4.78, 5) is 0. The van der Waals surface area contributed by atoms with Crippen LogP contribution in [0, 0.1) is 6.92 Å². The second kappa shape index (κ2) is 6.15. The van der Waals surface area contributed by atoms with Gasteiger partial charge in [-0.15, -0.1) is 0 Å². The molecule has 0 aromatic heterocycles. The van der Waals surface area contributed by atoms with E-state index in [0.29, 0.717) is 5.75 Å². The number of hydrogen-bond acceptors (Lipinski definition) is 5. The number of anilines is 1. The van der Waals surface area contributed by atoms with Crippen molar-refractivity contribution in [1.29, 1.82) is 0 Å². The molecule has 6 heteroatoms. The van der Waals surface area contributed by atoms with Gasteiger partial charge in [-0.3, -0.25) is 0 Å². The highest BCUT2D eigenvalue weighted by molar-refractivity contribution is 8.01. The highest BCUT2D eigenvalue weighted by atomic mass is 32.2. The van der Waals surface area contributed by atoms with Crippen LogP contribution in [0.3, 0.4) is 0 Å². The molecule has 19 heavy (non-hydrogen) atoms. The van der Waals surface area contributed by atoms with Crippen LogP contribution < -0.4 is 5.32 Å². The minimum atomic E-state index is -2.97. The SMILES string of the molecule is Cc1cccc(NC2CS(=O)(=O)CC2SCCO)c1. The van der Waals surface area contributed by atoms with Gasteiger partial charge in [0.05, 0.1) is 24.2 Å². The number of nitrogens with one attached hydrogen (secondary N) is 1. The van der Waals surface area contributed by atoms with Crippen LogP contribution in [-0.2, 0) is 9.84 Å². The first-order valence-electron chi connectivity index (χ1n) is 6.26. The predicted molar refractivity (Wildman–Crippen MR) is 80.6 cm³/mol. The van der Waals surface area contributed by atoms with Crippen LogP contribution in [0.4, 0.5) is 5.69 Å². The van der Waals surface area contributed by atoms with E-state index in [-0.39, 0.29) is 29.4 Å². The summed E-state index contributed by atoms with van der Waals surface area (Å²) in [6.07, 6.45) is 0. The highest BCUT2D eigenvalue weighted by Crippen LogP contribution is 2.27. The lowest BCUT2D eigenvalue weighted by Gasteiger charge is -2.20. The average molecular weight is 301 g/mol. The van der Waals surface area contributed by atoms with E-state index in [9.17, 15) is 8.42 Å². The quantitative estimate of drug-likeness (QED) is 0.858. The predicted octanol–water partition coefficient (Wildman–Crippen LogP) is 1.30. The van der Waals surface area contributed by atoms with E-state index < -0.39 is 9.84 Å². The summed E-state index contributed by atoms with van der Waals surface area (Å²) in [5.74, 6) is 0.942. The third-order valence-corrected chi connectivity index (χ3v) is 6.38. The summed E-state index contributed by atoms with van der Waals surface area (Å²) in [6.45, 7) is 2.09. The van der Waals surface area contributed by atoms with E-state index in [1.54, 1.807) is 0 Å². The Morgan fingerprint density at radius 2 is 2.21 bits per heavy atom. The molecule has 0 bridgehead atoms. The molecule has 1 aromatic rings. The van der Waals surface area contributed by atoms with Crippen molar-refractivity contribution in [3.05, 3.63) is 29.8 Å². The number of rotatable bonds is 5. The number of aryl methyl sites for hydroxylation is 1. The van der Waals surface area contributed by atoms with Crippen molar-refractivity contribution in [3.8, 4) is 0 Å². The normalized spacial score (nSPS) is 25.4. The van der Waals surface area contributed by atoms with E-state index in [4.69, 9.17) is 5.11 Å². The van der Waals surface area contributed by atoms with Crippen LogP contribution in [0.2, 0.25) is 0 Å². The van der Waals surface area contributed by atoms with Gasteiger partial charge in [0.15, 0.2) is 9.84 Å². The lowest BCUT2D eigenvalue weighted by molar-refractivity contribution is 0.322. The Kier molecular flexibility index (Phi) is 4.76. The summed E-state index contributed by atoms with van der Waals surface area (Å²) in [7, 11) is -2.97. The Morgan fingerprint density at radius 3 is 2.89 bits per heavy atom. The lowest BCUT2D eigenvalue weighted by Crippen LogP contribution is -2.30. The van der Waals surface area contributed by atoms with Gasteiger partial charge in [0.2, 0.25) is 0 Å². The van der Waals surface area contributed by atoms with E-state index >= 15 is 0 Å². The van der Waals surface area contributed by atoms with E-state index in [1.807, 2.05) is 31.2 Å². The minimum Gasteiger partial charge on any atom is -0.396 e. The molecule has 1 aromatic carbocycles. The summed E-state index contributed by atoms with van der Waals surface area (Å²) < 4.78 is 23.5. The Labute approximate surface area is 118 Å². The maximum atomic E-state index is 11.8. The molecule has 106 valence electrons. The van der Waals surface area contributed by atoms with E-state index in [2.05, 4.69) is 5.32 Å². The summed E-state index contributed by atoms with van der Waals surface area (Å²) in [6, 6.07) is 7.85. The van der Waals surface area contributed by atoms with Gasteiger partial charge >= 0.3 is 0 Å². The van der Waals surface area contributed by atoms with Gasteiger partial charge in [-0.05, 0) is 24.6 Å². The largest absolute Gasteiger partial charge is 0.396 e. The molecule has 1 heterocycles. The summed E-state index contributed by atoms with van der Waals surface area (Å²) in [5, 5.41) is 12.2. The smallest absolute Gasteiger partial charge is 0.153 e. The first-order valence-corrected chi connectivity index (χ1v) is 9.13. The Morgan fingerprint density at radius 1 is 1.42 bits per heavy atom. The number of aliphatic hydroxyl groups is 1. The standard InChI is InChI=1S/C13H19NO3S2/c1-10-3-2-4-11(7-10)14-12-8-19(16,17)9-13(12)18-6-5-15/h2-4,7,12-15H,5-6,8-9H2,1H3. The topological polar surface area (TPSA) is 66.4 Å². The van der Waals surface area contributed by atoms with Gasteiger partial charge in [-0.25, -0.2) is 8.42 Å². The molecule has 0 saturated carbocycles. The van der Waals surface area contributed by atoms with E-state index in [0.717, 1.165) is 11.3 Å². The maximum absolute atomic E-state index is 11.8. The number of aliphatic hydroxyl groups excluding tert-OH is 1. The third-order valence-electron chi connectivity index (χ3n) is 3.09. The van der Waals surface area contributed by atoms with Gasteiger partial charge in [-0.1, -0.05) is 12.1 Å². The van der Waals surface area contributed by atoms with Crippen LogP contribution in [0.5, 0.6) is 0 Å². The summed E-state index contributed by atoms with van der Waals surface area (Å²) >= 11 is 1.53. The van der Waals surface area contributed by atoms with Gasteiger partial charge in [0.1, 0.15) is 0 Å².